The van der Waals surface area contributed by atoms with Crippen LogP contribution in [0, 0.1) is 11.6 Å². The number of benzene rings is 1. The monoisotopic (exact) mass is 185 g/mol. The third-order valence-electron chi connectivity index (χ3n) is 1.50. The summed E-state index contributed by atoms with van der Waals surface area (Å²) in [7, 11) is 0. The Morgan fingerprint density at radius 2 is 1.85 bits per heavy atom. The predicted molar refractivity (Wildman–Crippen MR) is 45.0 cm³/mol. The second kappa shape index (κ2) is 3.89. The van der Waals surface area contributed by atoms with Crippen LogP contribution in [0.5, 0.6) is 0 Å². The minimum Gasteiger partial charge on any atom is -0.514 e. The van der Waals surface area contributed by atoms with Gasteiger partial charge in [-0.05, 0) is 17.7 Å². The topological polar surface area (TPSA) is 46.2 Å². The summed E-state index contributed by atoms with van der Waals surface area (Å²) in [6, 6.07) is 3.11. The molecule has 0 aromatic heterocycles. The van der Waals surface area contributed by atoms with Crippen LogP contribution in [0.2, 0.25) is 0 Å². The zero-order valence-corrected chi connectivity index (χ0v) is 6.80. The standard InChI is InChI=1S/C9H9F2NO/c10-7-1-6(2-8(11)4-7)3-9(12)5-13/h1-2,4-5,13H,3,12H2/b9-5+. The Balaban J connectivity index is 2.89. The van der Waals surface area contributed by atoms with E-state index in [1.807, 2.05) is 0 Å². The fraction of sp³-hybridized carbons (Fsp3) is 0.111. The van der Waals surface area contributed by atoms with E-state index >= 15 is 0 Å². The Morgan fingerprint density at radius 1 is 1.31 bits per heavy atom. The summed E-state index contributed by atoms with van der Waals surface area (Å²) in [6.07, 6.45) is 0.841. The van der Waals surface area contributed by atoms with Crippen LogP contribution >= 0.6 is 0 Å². The largest absolute Gasteiger partial charge is 0.514 e. The minimum absolute atomic E-state index is 0.130. The predicted octanol–water partition coefficient (Wildman–Crippen LogP) is 1.87. The molecule has 1 rings (SSSR count). The number of rotatable bonds is 2. The van der Waals surface area contributed by atoms with Crippen molar-refractivity contribution in [2.24, 2.45) is 5.73 Å². The highest BCUT2D eigenvalue weighted by atomic mass is 19.1. The Hall–Kier alpha value is -1.58. The highest BCUT2D eigenvalue weighted by Gasteiger charge is 2.01. The number of aliphatic hydroxyl groups excluding tert-OH is 1. The van der Waals surface area contributed by atoms with Crippen molar-refractivity contribution < 1.29 is 13.9 Å². The van der Waals surface area contributed by atoms with E-state index in [0.717, 1.165) is 6.07 Å². The number of nitrogens with two attached hydrogens (primary N) is 1. The van der Waals surface area contributed by atoms with Gasteiger partial charge in [-0.3, -0.25) is 0 Å². The Morgan fingerprint density at radius 3 is 2.31 bits per heavy atom. The number of hydrogen-bond donors (Lipinski definition) is 2. The highest BCUT2D eigenvalue weighted by molar-refractivity contribution is 5.22. The van der Waals surface area contributed by atoms with Crippen molar-refractivity contribution in [3.05, 3.63) is 47.4 Å². The molecule has 0 aliphatic rings. The third kappa shape index (κ3) is 2.74. The van der Waals surface area contributed by atoms with Crippen molar-refractivity contribution in [3.63, 3.8) is 0 Å². The summed E-state index contributed by atoms with van der Waals surface area (Å²) in [5.41, 5.74) is 5.82. The number of halogens is 2. The number of hydrogen-bond acceptors (Lipinski definition) is 2. The van der Waals surface area contributed by atoms with Gasteiger partial charge in [0.25, 0.3) is 0 Å². The van der Waals surface area contributed by atoms with E-state index in [1.54, 1.807) is 0 Å². The fourth-order valence-electron chi connectivity index (χ4n) is 0.994. The number of aliphatic hydroxyl groups is 1. The van der Waals surface area contributed by atoms with Gasteiger partial charge >= 0.3 is 0 Å². The van der Waals surface area contributed by atoms with Crippen LogP contribution in [0.25, 0.3) is 0 Å². The molecular weight excluding hydrogens is 176 g/mol. The lowest BCUT2D eigenvalue weighted by atomic mass is 10.1. The zero-order chi connectivity index (χ0) is 9.84. The van der Waals surface area contributed by atoms with Gasteiger partial charge in [-0.25, -0.2) is 8.78 Å². The molecule has 0 saturated carbocycles. The Kier molecular flexibility index (Phi) is 2.84. The summed E-state index contributed by atoms with van der Waals surface area (Å²) in [6.45, 7) is 0. The van der Waals surface area contributed by atoms with Crippen LogP contribution in [-0.2, 0) is 6.42 Å². The van der Waals surface area contributed by atoms with Gasteiger partial charge in [0, 0.05) is 18.2 Å². The van der Waals surface area contributed by atoms with E-state index in [-0.39, 0.29) is 12.1 Å². The molecule has 3 N–H and O–H groups in total. The summed E-state index contributed by atoms with van der Waals surface area (Å²) in [5.74, 6) is -1.30. The van der Waals surface area contributed by atoms with Crippen molar-refractivity contribution in [1.29, 1.82) is 0 Å². The maximum absolute atomic E-state index is 12.6. The third-order valence-corrected chi connectivity index (χ3v) is 1.50. The van der Waals surface area contributed by atoms with Gasteiger partial charge in [0.15, 0.2) is 0 Å². The van der Waals surface area contributed by atoms with Gasteiger partial charge in [0.05, 0.1) is 6.26 Å². The number of allylic oxidation sites excluding steroid dienone is 1. The Labute approximate surface area is 74.3 Å². The molecular formula is C9H9F2NO. The average molecular weight is 185 g/mol. The van der Waals surface area contributed by atoms with Crippen molar-refractivity contribution in [2.45, 2.75) is 6.42 Å². The lowest BCUT2D eigenvalue weighted by molar-refractivity contribution is 0.464. The van der Waals surface area contributed by atoms with Gasteiger partial charge in [-0.2, -0.15) is 0 Å². The van der Waals surface area contributed by atoms with Crippen molar-refractivity contribution in [1.82, 2.24) is 0 Å². The first kappa shape index (κ1) is 9.51. The fourth-order valence-corrected chi connectivity index (χ4v) is 0.994. The van der Waals surface area contributed by atoms with Crippen molar-refractivity contribution in [3.8, 4) is 0 Å². The molecule has 1 aromatic carbocycles. The molecule has 0 fully saturated rings. The van der Waals surface area contributed by atoms with E-state index in [0.29, 0.717) is 11.8 Å². The molecule has 0 heterocycles. The lowest BCUT2D eigenvalue weighted by Gasteiger charge is -2.01. The maximum Gasteiger partial charge on any atom is 0.126 e. The summed E-state index contributed by atoms with van der Waals surface area (Å²) in [5, 5.41) is 8.46. The van der Waals surface area contributed by atoms with E-state index in [2.05, 4.69) is 0 Å². The molecule has 4 heteroatoms. The molecule has 0 atom stereocenters. The molecule has 0 bridgehead atoms. The first-order chi connectivity index (χ1) is 6.11. The molecule has 0 aliphatic heterocycles. The molecule has 0 unspecified atom stereocenters. The molecule has 13 heavy (non-hydrogen) atoms. The molecule has 0 amide bonds. The quantitative estimate of drug-likeness (QED) is 0.691. The van der Waals surface area contributed by atoms with Gasteiger partial charge < -0.3 is 10.8 Å². The summed E-state index contributed by atoms with van der Waals surface area (Å²) < 4.78 is 25.2. The van der Waals surface area contributed by atoms with Crippen LogP contribution in [0.4, 0.5) is 8.78 Å². The van der Waals surface area contributed by atoms with E-state index in [1.165, 1.54) is 12.1 Å². The summed E-state index contributed by atoms with van der Waals surface area (Å²) >= 11 is 0. The maximum atomic E-state index is 12.6. The molecule has 1 aromatic rings. The highest BCUT2D eigenvalue weighted by Crippen LogP contribution is 2.10. The molecule has 0 radical (unpaired) electrons. The SMILES string of the molecule is N/C(=C/O)Cc1cc(F)cc(F)c1. The van der Waals surface area contributed by atoms with E-state index in [4.69, 9.17) is 10.8 Å². The second-order valence-electron chi connectivity index (χ2n) is 2.66. The van der Waals surface area contributed by atoms with Gasteiger partial charge in [-0.15, -0.1) is 0 Å². The average Bonchev–Trinajstić information content (AvgIpc) is 2.02. The van der Waals surface area contributed by atoms with Crippen molar-refractivity contribution >= 4 is 0 Å². The summed E-state index contributed by atoms with van der Waals surface area (Å²) in [4.78, 5) is 0. The van der Waals surface area contributed by atoms with Crippen LogP contribution in [0.15, 0.2) is 30.2 Å². The van der Waals surface area contributed by atoms with Crippen LogP contribution in [0.1, 0.15) is 5.56 Å². The molecule has 0 aliphatic carbocycles. The van der Waals surface area contributed by atoms with Gasteiger partial charge in [0.2, 0.25) is 0 Å². The second-order valence-corrected chi connectivity index (χ2v) is 2.66. The minimum atomic E-state index is -0.652. The normalized spacial score (nSPS) is 11.7. The van der Waals surface area contributed by atoms with E-state index in [9.17, 15) is 8.78 Å². The molecule has 0 spiro atoms. The first-order valence-electron chi connectivity index (χ1n) is 3.65. The smallest absolute Gasteiger partial charge is 0.126 e. The van der Waals surface area contributed by atoms with E-state index < -0.39 is 11.6 Å². The lowest BCUT2D eigenvalue weighted by Crippen LogP contribution is -2.01. The van der Waals surface area contributed by atoms with Crippen LogP contribution in [-0.4, -0.2) is 5.11 Å². The molecule has 0 saturated heterocycles. The molecule has 70 valence electrons. The first-order valence-corrected chi connectivity index (χ1v) is 3.65. The molecule has 2 nitrogen and oxygen atoms in total. The van der Waals surface area contributed by atoms with Crippen LogP contribution in [0.3, 0.4) is 0 Å². The zero-order valence-electron chi connectivity index (χ0n) is 6.80. The van der Waals surface area contributed by atoms with Crippen molar-refractivity contribution in [2.75, 3.05) is 0 Å². The Bertz CT molecular complexity index is 316. The van der Waals surface area contributed by atoms with Crippen LogP contribution < -0.4 is 5.73 Å². The van der Waals surface area contributed by atoms with Gasteiger partial charge in [-0.1, -0.05) is 0 Å². The van der Waals surface area contributed by atoms with Gasteiger partial charge in [0.1, 0.15) is 11.6 Å².